The molecule has 0 spiro atoms. The molecule has 3 rings (SSSR count). The number of aromatic nitrogens is 4. The van der Waals surface area contributed by atoms with E-state index in [2.05, 4.69) is 19.9 Å². The fourth-order valence-corrected chi connectivity index (χ4v) is 2.70. The molecule has 2 aromatic heterocycles. The van der Waals surface area contributed by atoms with Crippen LogP contribution in [0.15, 0.2) is 36.9 Å². The molecular formula is C16H16N6O2. The van der Waals surface area contributed by atoms with Crippen molar-refractivity contribution in [2.24, 2.45) is 11.5 Å². The van der Waals surface area contributed by atoms with Crippen molar-refractivity contribution in [1.82, 2.24) is 19.9 Å². The summed E-state index contributed by atoms with van der Waals surface area (Å²) in [6.07, 6.45) is 7.21. The van der Waals surface area contributed by atoms with Crippen molar-refractivity contribution in [3.05, 3.63) is 70.8 Å². The van der Waals surface area contributed by atoms with Crippen molar-refractivity contribution in [1.29, 1.82) is 0 Å². The minimum atomic E-state index is -0.624. The Balaban J connectivity index is 2.13. The van der Waals surface area contributed by atoms with Crippen molar-refractivity contribution in [3.63, 3.8) is 0 Å². The lowest BCUT2D eigenvalue weighted by Gasteiger charge is -2.14. The third-order valence-electron chi connectivity index (χ3n) is 3.72. The molecule has 0 saturated carbocycles. The van der Waals surface area contributed by atoms with Crippen molar-refractivity contribution in [2.75, 3.05) is 0 Å². The van der Waals surface area contributed by atoms with E-state index in [0.717, 1.165) is 0 Å². The zero-order valence-corrected chi connectivity index (χ0v) is 12.7. The number of H-pyrrole nitrogens is 2. The van der Waals surface area contributed by atoms with Crippen LogP contribution in [0.25, 0.3) is 0 Å². The molecule has 6 N–H and O–H groups in total. The Bertz CT molecular complexity index is 868. The van der Waals surface area contributed by atoms with Gasteiger partial charge in [0.05, 0.1) is 0 Å². The predicted octanol–water partition coefficient (Wildman–Crippen LogP) is 0.512. The van der Waals surface area contributed by atoms with Crippen LogP contribution in [0.4, 0.5) is 0 Å². The second-order valence-electron chi connectivity index (χ2n) is 5.28. The number of imidazole rings is 2. The van der Waals surface area contributed by atoms with E-state index in [9.17, 15) is 9.59 Å². The van der Waals surface area contributed by atoms with Crippen LogP contribution in [0.5, 0.6) is 0 Å². The molecule has 0 bridgehead atoms. The smallest absolute Gasteiger partial charge is 0.249 e. The van der Waals surface area contributed by atoms with Crippen LogP contribution in [0.3, 0.4) is 0 Å². The topological polar surface area (TPSA) is 144 Å². The van der Waals surface area contributed by atoms with Gasteiger partial charge in [-0.2, -0.15) is 0 Å². The SMILES string of the molecule is NC(=O)c1ccc(Cc2ncc[nH]2)c(C(N)=O)c1Cc1ncc[nH]1. The van der Waals surface area contributed by atoms with Crippen LogP contribution >= 0.6 is 0 Å². The Labute approximate surface area is 137 Å². The van der Waals surface area contributed by atoms with Gasteiger partial charge in [0.1, 0.15) is 11.6 Å². The number of primary amides is 2. The zero-order valence-electron chi connectivity index (χ0n) is 12.7. The Morgan fingerprint density at radius 1 is 0.917 bits per heavy atom. The molecule has 0 aliphatic heterocycles. The van der Waals surface area contributed by atoms with E-state index >= 15 is 0 Å². The van der Waals surface area contributed by atoms with Gasteiger partial charge in [0.25, 0.3) is 0 Å². The third kappa shape index (κ3) is 3.02. The van der Waals surface area contributed by atoms with Gasteiger partial charge in [0, 0.05) is 48.8 Å². The molecule has 24 heavy (non-hydrogen) atoms. The number of hydrogen-bond acceptors (Lipinski definition) is 4. The second-order valence-corrected chi connectivity index (χ2v) is 5.28. The molecule has 2 heterocycles. The molecule has 0 fully saturated rings. The third-order valence-corrected chi connectivity index (χ3v) is 3.72. The molecule has 0 unspecified atom stereocenters. The van der Waals surface area contributed by atoms with E-state index in [1.165, 1.54) is 0 Å². The number of rotatable bonds is 6. The average molecular weight is 324 g/mol. The number of benzene rings is 1. The molecule has 3 aromatic rings. The van der Waals surface area contributed by atoms with Crippen LogP contribution in [0.1, 0.15) is 43.5 Å². The fourth-order valence-electron chi connectivity index (χ4n) is 2.70. The maximum absolute atomic E-state index is 12.1. The summed E-state index contributed by atoms with van der Waals surface area (Å²) >= 11 is 0. The molecule has 122 valence electrons. The molecule has 8 nitrogen and oxygen atoms in total. The first kappa shape index (κ1) is 15.5. The maximum Gasteiger partial charge on any atom is 0.249 e. The second kappa shape index (κ2) is 6.37. The fraction of sp³-hybridized carbons (Fsp3) is 0.125. The summed E-state index contributed by atoms with van der Waals surface area (Å²) in [6, 6.07) is 3.28. The van der Waals surface area contributed by atoms with E-state index in [4.69, 9.17) is 11.5 Å². The first-order valence-corrected chi connectivity index (χ1v) is 7.27. The van der Waals surface area contributed by atoms with Crippen LogP contribution < -0.4 is 11.5 Å². The Morgan fingerprint density at radius 3 is 2.04 bits per heavy atom. The number of nitrogens with zero attached hydrogens (tertiary/aromatic N) is 2. The van der Waals surface area contributed by atoms with Gasteiger partial charge in [-0.1, -0.05) is 6.07 Å². The van der Waals surface area contributed by atoms with E-state index in [1.807, 2.05) is 0 Å². The van der Waals surface area contributed by atoms with Gasteiger partial charge in [-0.05, 0) is 17.2 Å². The highest BCUT2D eigenvalue weighted by Crippen LogP contribution is 2.23. The lowest BCUT2D eigenvalue weighted by atomic mass is 9.91. The highest BCUT2D eigenvalue weighted by Gasteiger charge is 2.21. The summed E-state index contributed by atoms with van der Waals surface area (Å²) in [6.45, 7) is 0. The summed E-state index contributed by atoms with van der Waals surface area (Å²) in [4.78, 5) is 38.1. The number of hydrogen-bond donors (Lipinski definition) is 4. The quantitative estimate of drug-likeness (QED) is 0.523. The highest BCUT2D eigenvalue weighted by molar-refractivity contribution is 6.02. The van der Waals surface area contributed by atoms with Crippen LogP contribution in [-0.2, 0) is 12.8 Å². The van der Waals surface area contributed by atoms with Gasteiger partial charge in [-0.15, -0.1) is 0 Å². The standard InChI is InChI=1S/C16H16N6O2/c17-15(23)10-2-1-9(7-12-19-3-4-20-12)14(16(18)24)11(10)8-13-21-5-6-22-13/h1-6H,7-8H2,(H2,17,23)(H2,18,24)(H,19,20)(H,21,22). The van der Waals surface area contributed by atoms with Gasteiger partial charge in [0.15, 0.2) is 0 Å². The van der Waals surface area contributed by atoms with Gasteiger partial charge in [-0.25, -0.2) is 9.97 Å². The summed E-state index contributed by atoms with van der Waals surface area (Å²) in [5.41, 5.74) is 12.7. The molecule has 8 heteroatoms. The Hall–Kier alpha value is -3.42. The number of carbonyl (C=O) groups is 2. The number of aromatic amines is 2. The highest BCUT2D eigenvalue weighted by atomic mass is 16.1. The van der Waals surface area contributed by atoms with Crippen molar-refractivity contribution >= 4 is 11.8 Å². The molecule has 0 atom stereocenters. The molecule has 0 radical (unpaired) electrons. The predicted molar refractivity (Wildman–Crippen MR) is 86.3 cm³/mol. The van der Waals surface area contributed by atoms with Gasteiger partial charge >= 0.3 is 0 Å². The van der Waals surface area contributed by atoms with E-state index in [0.29, 0.717) is 29.2 Å². The number of nitrogens with two attached hydrogens (primary N) is 2. The first-order valence-electron chi connectivity index (χ1n) is 7.27. The molecule has 0 aliphatic rings. The normalized spacial score (nSPS) is 10.7. The largest absolute Gasteiger partial charge is 0.366 e. The lowest BCUT2D eigenvalue weighted by molar-refractivity contribution is 0.0998. The molecular weight excluding hydrogens is 308 g/mol. The Morgan fingerprint density at radius 2 is 1.54 bits per heavy atom. The van der Waals surface area contributed by atoms with E-state index in [-0.39, 0.29) is 17.5 Å². The minimum absolute atomic E-state index is 0.246. The Kier molecular flexibility index (Phi) is 4.11. The summed E-state index contributed by atoms with van der Waals surface area (Å²) < 4.78 is 0. The molecule has 2 amide bonds. The summed E-state index contributed by atoms with van der Waals surface area (Å²) in [5, 5.41) is 0. The first-order chi connectivity index (χ1) is 11.6. The number of amides is 2. The molecule has 0 saturated heterocycles. The summed E-state index contributed by atoms with van der Waals surface area (Å²) in [5.74, 6) is 0.0493. The van der Waals surface area contributed by atoms with Gasteiger partial charge in [-0.3, -0.25) is 9.59 Å². The molecule has 0 aliphatic carbocycles. The van der Waals surface area contributed by atoms with Crippen molar-refractivity contribution < 1.29 is 9.59 Å². The van der Waals surface area contributed by atoms with E-state index < -0.39 is 11.8 Å². The van der Waals surface area contributed by atoms with Crippen molar-refractivity contribution in [2.45, 2.75) is 12.8 Å². The van der Waals surface area contributed by atoms with Gasteiger partial charge < -0.3 is 21.4 Å². The number of carbonyl (C=O) groups excluding carboxylic acids is 2. The van der Waals surface area contributed by atoms with Crippen LogP contribution in [0, 0.1) is 0 Å². The zero-order chi connectivity index (χ0) is 17.1. The van der Waals surface area contributed by atoms with Crippen molar-refractivity contribution in [3.8, 4) is 0 Å². The van der Waals surface area contributed by atoms with Gasteiger partial charge in [0.2, 0.25) is 11.8 Å². The average Bonchev–Trinajstić information content (AvgIpc) is 3.20. The monoisotopic (exact) mass is 324 g/mol. The lowest BCUT2D eigenvalue weighted by Crippen LogP contribution is -2.22. The summed E-state index contributed by atoms with van der Waals surface area (Å²) in [7, 11) is 0. The van der Waals surface area contributed by atoms with Crippen LogP contribution in [-0.4, -0.2) is 31.8 Å². The molecule has 1 aromatic carbocycles. The minimum Gasteiger partial charge on any atom is -0.366 e. The van der Waals surface area contributed by atoms with E-state index in [1.54, 1.807) is 36.9 Å². The van der Waals surface area contributed by atoms with Crippen LogP contribution in [0.2, 0.25) is 0 Å². The maximum atomic E-state index is 12.1. The number of nitrogens with one attached hydrogen (secondary N) is 2.